The van der Waals surface area contributed by atoms with Gasteiger partial charge in [-0.25, -0.2) is 0 Å². The molecule has 0 amide bonds. The van der Waals surface area contributed by atoms with Crippen molar-refractivity contribution in [3.63, 3.8) is 0 Å². The number of methoxy groups -OCH3 is 1. The van der Waals surface area contributed by atoms with Gasteiger partial charge in [-0.3, -0.25) is 0 Å². The molecule has 6 heteroatoms. The Kier molecular flexibility index (Phi) is 6.10. The highest BCUT2D eigenvalue weighted by molar-refractivity contribution is 7.05. The topological polar surface area (TPSA) is 56.3 Å². The van der Waals surface area contributed by atoms with Crippen molar-refractivity contribution in [2.24, 2.45) is 0 Å². The minimum atomic E-state index is 0.0498. The van der Waals surface area contributed by atoms with Crippen LogP contribution in [0, 0.1) is 6.92 Å². The first-order chi connectivity index (χ1) is 10.3. The lowest BCUT2D eigenvalue weighted by Gasteiger charge is -2.20. The van der Waals surface area contributed by atoms with E-state index in [1.807, 2.05) is 25.1 Å². The summed E-state index contributed by atoms with van der Waals surface area (Å²) in [6.07, 6.45) is 0. The summed E-state index contributed by atoms with van der Waals surface area (Å²) >= 11 is 1.43. The lowest BCUT2D eigenvalue weighted by atomic mass is 10.0. The number of para-hydroxylation sites is 1. The molecule has 1 aromatic carbocycles. The van der Waals surface area contributed by atoms with Crippen LogP contribution in [0.2, 0.25) is 0 Å². The predicted molar refractivity (Wildman–Crippen MR) is 84.0 cm³/mol. The maximum atomic E-state index is 5.84. The van der Waals surface area contributed by atoms with Crippen LogP contribution < -0.4 is 10.1 Å². The molecule has 1 heterocycles. The second-order valence-electron chi connectivity index (χ2n) is 4.59. The van der Waals surface area contributed by atoms with E-state index in [1.54, 1.807) is 7.11 Å². The van der Waals surface area contributed by atoms with Crippen LogP contribution in [0.3, 0.4) is 0 Å². The number of rotatable bonds is 8. The van der Waals surface area contributed by atoms with E-state index < -0.39 is 0 Å². The number of hydrogen-bond acceptors (Lipinski definition) is 6. The highest BCUT2D eigenvalue weighted by atomic mass is 32.1. The molecule has 0 aliphatic rings. The van der Waals surface area contributed by atoms with Crippen LogP contribution in [0.4, 0.5) is 0 Å². The summed E-state index contributed by atoms with van der Waals surface area (Å²) in [6.45, 7) is 6.03. The van der Waals surface area contributed by atoms with Crippen molar-refractivity contribution in [3.8, 4) is 5.75 Å². The molecule has 21 heavy (non-hydrogen) atoms. The Morgan fingerprint density at radius 2 is 2.10 bits per heavy atom. The molecule has 2 aromatic rings. The predicted octanol–water partition coefficient (Wildman–Crippen LogP) is 2.57. The zero-order valence-electron chi connectivity index (χ0n) is 12.6. The van der Waals surface area contributed by atoms with Gasteiger partial charge < -0.3 is 14.8 Å². The Balaban J connectivity index is 2.30. The van der Waals surface area contributed by atoms with Gasteiger partial charge >= 0.3 is 0 Å². The molecule has 0 radical (unpaired) electrons. The fraction of sp³-hybridized carbons (Fsp3) is 0.467. The number of hydrogen-bond donors (Lipinski definition) is 1. The van der Waals surface area contributed by atoms with Crippen LogP contribution in [-0.2, 0) is 4.74 Å². The first-order valence-corrected chi connectivity index (χ1v) is 7.78. The van der Waals surface area contributed by atoms with Crippen molar-refractivity contribution in [1.29, 1.82) is 0 Å². The summed E-state index contributed by atoms with van der Waals surface area (Å²) < 4.78 is 14.9. The highest BCUT2D eigenvalue weighted by Crippen LogP contribution is 2.32. The Labute approximate surface area is 129 Å². The van der Waals surface area contributed by atoms with Crippen LogP contribution in [-0.4, -0.2) is 36.5 Å². The average molecular weight is 307 g/mol. The summed E-state index contributed by atoms with van der Waals surface area (Å²) in [4.78, 5) is 1.12. The van der Waals surface area contributed by atoms with E-state index in [0.717, 1.165) is 28.4 Å². The monoisotopic (exact) mass is 307 g/mol. The zero-order chi connectivity index (χ0) is 15.1. The van der Waals surface area contributed by atoms with Crippen molar-refractivity contribution in [1.82, 2.24) is 14.9 Å². The summed E-state index contributed by atoms with van der Waals surface area (Å²) in [6, 6.07) is 8.11. The van der Waals surface area contributed by atoms with Gasteiger partial charge in [0.05, 0.1) is 23.2 Å². The van der Waals surface area contributed by atoms with E-state index in [-0.39, 0.29) is 6.04 Å². The standard InChI is InChI=1S/C15H21N3O2S/c1-4-16-14(15-11(2)17-18-21-15)12-7-5-6-8-13(12)20-10-9-19-3/h5-8,14,16H,4,9-10H2,1-3H3. The van der Waals surface area contributed by atoms with Gasteiger partial charge in [0, 0.05) is 12.7 Å². The molecular formula is C15H21N3O2S. The molecule has 0 saturated heterocycles. The SMILES string of the molecule is CCNC(c1ccccc1OCCOC)c1snnc1C. The summed E-state index contributed by atoms with van der Waals surface area (Å²) in [5, 5.41) is 7.61. The molecule has 0 fully saturated rings. The molecule has 114 valence electrons. The number of benzene rings is 1. The van der Waals surface area contributed by atoms with Crippen molar-refractivity contribution in [2.45, 2.75) is 19.9 Å². The molecule has 1 N–H and O–H groups in total. The second-order valence-corrected chi connectivity index (χ2v) is 5.38. The largest absolute Gasteiger partial charge is 0.491 e. The first-order valence-electron chi connectivity index (χ1n) is 7.00. The molecule has 1 aromatic heterocycles. The van der Waals surface area contributed by atoms with Crippen molar-refractivity contribution >= 4 is 11.5 Å². The van der Waals surface area contributed by atoms with E-state index in [4.69, 9.17) is 9.47 Å². The quantitative estimate of drug-likeness (QED) is 0.760. The summed E-state index contributed by atoms with van der Waals surface area (Å²) in [5.41, 5.74) is 2.06. The Morgan fingerprint density at radius 3 is 2.76 bits per heavy atom. The van der Waals surface area contributed by atoms with Gasteiger partial charge in [-0.05, 0) is 31.1 Å². The molecule has 0 saturated carbocycles. The van der Waals surface area contributed by atoms with Gasteiger partial charge in [-0.1, -0.05) is 29.6 Å². The fourth-order valence-electron chi connectivity index (χ4n) is 2.14. The third-order valence-electron chi connectivity index (χ3n) is 3.13. The van der Waals surface area contributed by atoms with Crippen LogP contribution in [0.15, 0.2) is 24.3 Å². The Hall–Kier alpha value is -1.50. The van der Waals surface area contributed by atoms with Gasteiger partial charge in [0.2, 0.25) is 0 Å². The molecule has 0 aliphatic carbocycles. The maximum Gasteiger partial charge on any atom is 0.124 e. The second kappa shape index (κ2) is 8.07. The number of ether oxygens (including phenoxy) is 2. The molecule has 5 nitrogen and oxygen atoms in total. The van der Waals surface area contributed by atoms with Gasteiger partial charge in [0.15, 0.2) is 0 Å². The molecular weight excluding hydrogens is 286 g/mol. The van der Waals surface area contributed by atoms with Gasteiger partial charge in [0.1, 0.15) is 12.4 Å². The smallest absolute Gasteiger partial charge is 0.124 e. The molecule has 0 spiro atoms. The van der Waals surface area contributed by atoms with E-state index >= 15 is 0 Å². The van der Waals surface area contributed by atoms with Crippen molar-refractivity contribution in [3.05, 3.63) is 40.4 Å². The normalized spacial score (nSPS) is 12.3. The molecule has 2 rings (SSSR count). The fourth-order valence-corrected chi connectivity index (χ4v) is 2.88. The third kappa shape index (κ3) is 4.00. The molecule has 0 bridgehead atoms. The van der Waals surface area contributed by atoms with Crippen LogP contribution in [0.25, 0.3) is 0 Å². The third-order valence-corrected chi connectivity index (χ3v) is 4.02. The van der Waals surface area contributed by atoms with Gasteiger partial charge in [0.25, 0.3) is 0 Å². The maximum absolute atomic E-state index is 5.84. The van der Waals surface area contributed by atoms with E-state index in [0.29, 0.717) is 13.2 Å². The van der Waals surface area contributed by atoms with Gasteiger partial charge in [-0.15, -0.1) is 5.10 Å². The van der Waals surface area contributed by atoms with Gasteiger partial charge in [-0.2, -0.15) is 0 Å². The minimum absolute atomic E-state index is 0.0498. The van der Waals surface area contributed by atoms with Crippen LogP contribution in [0.1, 0.15) is 29.1 Å². The van der Waals surface area contributed by atoms with Crippen molar-refractivity contribution in [2.75, 3.05) is 26.9 Å². The van der Waals surface area contributed by atoms with Crippen LogP contribution in [0.5, 0.6) is 5.75 Å². The number of aryl methyl sites for hydroxylation is 1. The number of aromatic nitrogens is 2. The summed E-state index contributed by atoms with van der Waals surface area (Å²) in [5.74, 6) is 0.869. The van der Waals surface area contributed by atoms with Crippen molar-refractivity contribution < 1.29 is 9.47 Å². The Morgan fingerprint density at radius 1 is 1.29 bits per heavy atom. The average Bonchev–Trinajstić information content (AvgIpc) is 2.92. The van der Waals surface area contributed by atoms with Crippen LogP contribution >= 0.6 is 11.5 Å². The Bertz CT molecular complexity index is 559. The highest BCUT2D eigenvalue weighted by Gasteiger charge is 2.21. The zero-order valence-corrected chi connectivity index (χ0v) is 13.4. The molecule has 0 aliphatic heterocycles. The lowest BCUT2D eigenvalue weighted by Crippen LogP contribution is -2.22. The molecule has 1 unspecified atom stereocenters. The summed E-state index contributed by atoms with van der Waals surface area (Å²) in [7, 11) is 1.67. The van der Waals surface area contributed by atoms with E-state index in [2.05, 4.69) is 27.9 Å². The first kappa shape index (κ1) is 15.9. The lowest BCUT2D eigenvalue weighted by molar-refractivity contribution is 0.145. The van der Waals surface area contributed by atoms with E-state index in [1.165, 1.54) is 11.5 Å². The molecule has 1 atom stereocenters. The minimum Gasteiger partial charge on any atom is -0.491 e. The van der Waals surface area contributed by atoms with E-state index in [9.17, 15) is 0 Å². The number of nitrogens with one attached hydrogen (secondary N) is 1. The number of nitrogens with zero attached hydrogens (tertiary/aromatic N) is 2.